The van der Waals surface area contributed by atoms with Gasteiger partial charge in [-0.15, -0.1) is 0 Å². The van der Waals surface area contributed by atoms with Gasteiger partial charge < -0.3 is 4.90 Å². The fourth-order valence-corrected chi connectivity index (χ4v) is 5.32. The van der Waals surface area contributed by atoms with E-state index in [0.717, 1.165) is 6.42 Å². The third-order valence-corrected chi connectivity index (χ3v) is 7.45. The lowest BCUT2D eigenvalue weighted by Gasteiger charge is -2.48. The van der Waals surface area contributed by atoms with Crippen LogP contribution in [0.5, 0.6) is 0 Å². The van der Waals surface area contributed by atoms with Crippen LogP contribution in [0.2, 0.25) is 0 Å². The molecule has 1 aromatic heterocycles. The summed E-state index contributed by atoms with van der Waals surface area (Å²) in [5.74, 6) is 0.167. The Morgan fingerprint density at radius 2 is 2.04 bits per heavy atom. The van der Waals surface area contributed by atoms with E-state index in [1.165, 1.54) is 6.20 Å². The Bertz CT molecular complexity index is 725. The van der Waals surface area contributed by atoms with Crippen LogP contribution in [0.4, 0.5) is 0 Å². The van der Waals surface area contributed by atoms with Crippen LogP contribution in [0.1, 0.15) is 26.2 Å². The van der Waals surface area contributed by atoms with Gasteiger partial charge in [-0.3, -0.25) is 14.7 Å². The molecule has 1 aromatic rings. The van der Waals surface area contributed by atoms with E-state index in [1.807, 2.05) is 18.9 Å². The second-order valence-corrected chi connectivity index (χ2v) is 8.83. The molecule has 138 valence electrons. The zero-order chi connectivity index (χ0) is 18.1. The Kier molecular flexibility index (Phi) is 5.13. The fraction of sp³-hybridized carbons (Fsp3) is 0.647. The summed E-state index contributed by atoms with van der Waals surface area (Å²) in [6, 6.07) is 3.23. The Labute approximate surface area is 149 Å². The molecule has 0 bridgehead atoms. The Balaban J connectivity index is 1.86. The summed E-state index contributed by atoms with van der Waals surface area (Å²) in [6.45, 7) is 4.92. The molecule has 1 atom stereocenters. The maximum Gasteiger partial charge on any atom is 0.244 e. The Morgan fingerprint density at radius 3 is 2.72 bits per heavy atom. The number of carbonyl (C=O) groups excluding carboxylic acids is 1. The number of sulfonamides is 1. The van der Waals surface area contributed by atoms with Crippen molar-refractivity contribution in [2.45, 2.75) is 36.6 Å². The molecule has 0 saturated carbocycles. The number of rotatable bonds is 3. The van der Waals surface area contributed by atoms with E-state index in [9.17, 15) is 13.2 Å². The number of aromatic nitrogens is 1. The van der Waals surface area contributed by atoms with Crippen molar-refractivity contribution in [1.29, 1.82) is 0 Å². The van der Waals surface area contributed by atoms with Crippen LogP contribution in [0.25, 0.3) is 0 Å². The van der Waals surface area contributed by atoms with Gasteiger partial charge in [-0.05, 0) is 38.9 Å². The number of likely N-dealkylation sites (tertiary alicyclic amines) is 1. The standard InChI is InChI=1S/C17H26N4O3S/c1-3-20-10-8-17(7-6-16(20)22)14-21(12-11-19(17)2)25(23,24)15-5-4-9-18-13-15/h4-5,9,13H,3,6-8,10-12,14H2,1-2H3. The summed E-state index contributed by atoms with van der Waals surface area (Å²) in [5, 5.41) is 0. The quantitative estimate of drug-likeness (QED) is 0.791. The minimum Gasteiger partial charge on any atom is -0.343 e. The average Bonchev–Trinajstić information content (AvgIpc) is 2.78. The second-order valence-electron chi connectivity index (χ2n) is 6.90. The number of hydrogen-bond acceptors (Lipinski definition) is 5. The van der Waals surface area contributed by atoms with Gasteiger partial charge in [0.15, 0.2) is 0 Å². The zero-order valence-electron chi connectivity index (χ0n) is 14.9. The molecule has 0 N–H and O–H groups in total. The lowest BCUT2D eigenvalue weighted by atomic mass is 9.87. The van der Waals surface area contributed by atoms with Gasteiger partial charge in [0.05, 0.1) is 0 Å². The van der Waals surface area contributed by atoms with Crippen molar-refractivity contribution in [3.63, 3.8) is 0 Å². The molecule has 2 aliphatic heterocycles. The third-order valence-electron chi connectivity index (χ3n) is 5.62. The van der Waals surface area contributed by atoms with Crippen molar-refractivity contribution >= 4 is 15.9 Å². The van der Waals surface area contributed by atoms with Crippen molar-refractivity contribution < 1.29 is 13.2 Å². The number of nitrogens with zero attached hydrogens (tertiary/aromatic N) is 4. The van der Waals surface area contributed by atoms with E-state index >= 15 is 0 Å². The Hall–Kier alpha value is -1.51. The number of amides is 1. The molecule has 1 amide bonds. The largest absolute Gasteiger partial charge is 0.343 e. The zero-order valence-corrected chi connectivity index (χ0v) is 15.7. The van der Waals surface area contributed by atoms with Gasteiger partial charge in [0.25, 0.3) is 0 Å². The molecule has 0 aliphatic carbocycles. The molecule has 7 nitrogen and oxygen atoms in total. The van der Waals surface area contributed by atoms with Crippen LogP contribution >= 0.6 is 0 Å². The molecule has 3 heterocycles. The van der Waals surface area contributed by atoms with E-state index in [0.29, 0.717) is 45.6 Å². The molecule has 25 heavy (non-hydrogen) atoms. The van der Waals surface area contributed by atoms with Crippen molar-refractivity contribution in [2.24, 2.45) is 0 Å². The molecule has 2 fully saturated rings. The predicted molar refractivity (Wildman–Crippen MR) is 94.5 cm³/mol. The van der Waals surface area contributed by atoms with Crippen molar-refractivity contribution in [3.05, 3.63) is 24.5 Å². The van der Waals surface area contributed by atoms with Crippen LogP contribution in [-0.2, 0) is 14.8 Å². The van der Waals surface area contributed by atoms with E-state index in [2.05, 4.69) is 9.88 Å². The SMILES string of the molecule is CCN1CCC2(CCC1=O)CN(S(=O)(=O)c1cccnc1)CCN2C. The first-order valence-corrected chi connectivity index (χ1v) is 10.2. The van der Waals surface area contributed by atoms with E-state index in [1.54, 1.807) is 22.6 Å². The molecule has 2 aliphatic rings. The summed E-state index contributed by atoms with van der Waals surface area (Å²) in [7, 11) is -1.52. The molecule has 1 spiro atoms. The van der Waals surface area contributed by atoms with Crippen LogP contribution in [0, 0.1) is 0 Å². The second kappa shape index (κ2) is 7.01. The predicted octanol–water partition coefficient (Wildman–Crippen LogP) is 0.789. The third kappa shape index (κ3) is 3.43. The highest BCUT2D eigenvalue weighted by Gasteiger charge is 2.45. The average molecular weight is 366 g/mol. The molecule has 0 aromatic carbocycles. The maximum absolute atomic E-state index is 13.0. The van der Waals surface area contributed by atoms with Crippen LogP contribution in [0.15, 0.2) is 29.4 Å². The van der Waals surface area contributed by atoms with Gasteiger partial charge in [-0.2, -0.15) is 4.31 Å². The van der Waals surface area contributed by atoms with E-state index in [4.69, 9.17) is 0 Å². The van der Waals surface area contributed by atoms with Gasteiger partial charge >= 0.3 is 0 Å². The van der Waals surface area contributed by atoms with Crippen LogP contribution in [-0.4, -0.2) is 78.7 Å². The van der Waals surface area contributed by atoms with Crippen LogP contribution in [0.3, 0.4) is 0 Å². The van der Waals surface area contributed by atoms with Gasteiger partial charge in [0, 0.05) is 57.1 Å². The lowest BCUT2D eigenvalue weighted by Crippen LogP contribution is -2.62. The monoisotopic (exact) mass is 366 g/mol. The highest BCUT2D eigenvalue weighted by atomic mass is 32.2. The minimum atomic E-state index is -3.56. The van der Waals surface area contributed by atoms with Crippen molar-refractivity contribution in [2.75, 3.05) is 39.8 Å². The number of piperazine rings is 1. The molecule has 1 unspecified atom stereocenters. The summed E-state index contributed by atoms with van der Waals surface area (Å²) in [6.07, 6.45) is 4.93. The highest BCUT2D eigenvalue weighted by Crippen LogP contribution is 2.34. The summed E-state index contributed by atoms with van der Waals surface area (Å²) < 4.78 is 27.5. The van der Waals surface area contributed by atoms with Crippen molar-refractivity contribution in [1.82, 2.24) is 19.1 Å². The Morgan fingerprint density at radius 1 is 1.24 bits per heavy atom. The van der Waals surface area contributed by atoms with Gasteiger partial charge in [-0.25, -0.2) is 8.42 Å². The van der Waals surface area contributed by atoms with Gasteiger partial charge in [0.2, 0.25) is 15.9 Å². The van der Waals surface area contributed by atoms with E-state index < -0.39 is 10.0 Å². The fourth-order valence-electron chi connectivity index (χ4n) is 3.85. The maximum atomic E-state index is 13.0. The molecular weight excluding hydrogens is 340 g/mol. The summed E-state index contributed by atoms with van der Waals surface area (Å²) >= 11 is 0. The normalized spacial score (nSPS) is 26.8. The molecule has 2 saturated heterocycles. The molecular formula is C17H26N4O3S. The van der Waals surface area contributed by atoms with Crippen molar-refractivity contribution in [3.8, 4) is 0 Å². The lowest BCUT2D eigenvalue weighted by molar-refractivity contribution is -0.130. The number of hydrogen-bond donors (Lipinski definition) is 0. The highest BCUT2D eigenvalue weighted by molar-refractivity contribution is 7.89. The van der Waals surface area contributed by atoms with Gasteiger partial charge in [-0.1, -0.05) is 0 Å². The van der Waals surface area contributed by atoms with Crippen LogP contribution < -0.4 is 0 Å². The first-order chi connectivity index (χ1) is 11.9. The molecule has 0 radical (unpaired) electrons. The molecule has 8 heteroatoms. The number of pyridine rings is 1. The topological polar surface area (TPSA) is 73.8 Å². The van der Waals surface area contributed by atoms with Gasteiger partial charge in [0.1, 0.15) is 4.90 Å². The van der Waals surface area contributed by atoms with E-state index in [-0.39, 0.29) is 16.3 Å². The molecule has 3 rings (SSSR count). The first kappa shape index (κ1) is 18.3. The summed E-state index contributed by atoms with van der Waals surface area (Å²) in [5.41, 5.74) is -0.285. The smallest absolute Gasteiger partial charge is 0.244 e. The number of likely N-dealkylation sites (N-methyl/N-ethyl adjacent to an activating group) is 1. The minimum absolute atomic E-state index is 0.167. The number of carbonyl (C=O) groups is 1. The summed E-state index contributed by atoms with van der Waals surface area (Å²) in [4.78, 5) is 20.5. The first-order valence-electron chi connectivity index (χ1n) is 8.78.